The summed E-state index contributed by atoms with van der Waals surface area (Å²) < 4.78 is 27.0. The molecule has 0 spiro atoms. The van der Waals surface area contributed by atoms with Crippen molar-refractivity contribution in [3.63, 3.8) is 0 Å². The molecule has 0 saturated heterocycles. The molecule has 9 nitrogen and oxygen atoms in total. The van der Waals surface area contributed by atoms with Gasteiger partial charge in [0.1, 0.15) is 6.54 Å². The van der Waals surface area contributed by atoms with Gasteiger partial charge in [-0.1, -0.05) is 24.3 Å². The lowest BCUT2D eigenvalue weighted by Gasteiger charge is -2.23. The van der Waals surface area contributed by atoms with Gasteiger partial charge in [-0.2, -0.15) is 0 Å². The fourth-order valence-electron chi connectivity index (χ4n) is 4.39. The van der Waals surface area contributed by atoms with Crippen LogP contribution in [-0.4, -0.2) is 43.5 Å². The second-order valence-electron chi connectivity index (χ2n) is 8.49. The Morgan fingerprint density at radius 1 is 1.00 bits per heavy atom. The van der Waals surface area contributed by atoms with Gasteiger partial charge in [-0.25, -0.2) is 8.42 Å². The van der Waals surface area contributed by atoms with Crippen molar-refractivity contribution in [3.8, 4) is 0 Å². The van der Waals surface area contributed by atoms with Crippen LogP contribution in [0.1, 0.15) is 21.6 Å². The van der Waals surface area contributed by atoms with Crippen LogP contribution in [-0.2, 0) is 27.8 Å². The predicted octanol–water partition coefficient (Wildman–Crippen LogP) is 3.35. The van der Waals surface area contributed by atoms with E-state index < -0.39 is 22.5 Å². The topological polar surface area (TPSA) is 132 Å². The summed E-state index contributed by atoms with van der Waals surface area (Å²) in [5, 5.41) is 16.6. The van der Waals surface area contributed by atoms with Gasteiger partial charge in [0.05, 0.1) is 10.6 Å². The summed E-state index contributed by atoms with van der Waals surface area (Å²) in [6.45, 7) is 0.962. The standard InChI is InChI=1S/C26H24N4O5S/c31-25(32)16-30(36(34,35)20-4-2-1-3-5-20)19-9-7-18(8-10-19)28-26(33)17-6-11-21-22-12-13-27-15-24(22)29-23(21)14-17/h1-11,14,27,29H,12-13,15-16H2,(H,28,33)(H,31,32). The number of H-pyrrole nitrogens is 1. The zero-order valence-corrected chi connectivity index (χ0v) is 20.0. The van der Waals surface area contributed by atoms with E-state index in [0.29, 0.717) is 11.3 Å². The highest BCUT2D eigenvalue weighted by Crippen LogP contribution is 2.27. The average molecular weight is 505 g/mol. The number of aromatic amines is 1. The van der Waals surface area contributed by atoms with Crippen molar-refractivity contribution in [2.24, 2.45) is 0 Å². The molecule has 0 unspecified atom stereocenters. The van der Waals surface area contributed by atoms with Crippen LogP contribution >= 0.6 is 0 Å². The molecular formula is C26H24N4O5S. The van der Waals surface area contributed by atoms with Crippen LogP contribution in [0.15, 0.2) is 77.7 Å². The number of anilines is 2. The van der Waals surface area contributed by atoms with Gasteiger partial charge in [0.2, 0.25) is 0 Å². The average Bonchev–Trinajstić information content (AvgIpc) is 3.26. The SMILES string of the molecule is O=C(O)CN(c1ccc(NC(=O)c2ccc3c4c([nH]c3c2)CNCC4)cc1)S(=O)(=O)c1ccccc1. The smallest absolute Gasteiger partial charge is 0.324 e. The Labute approximate surface area is 207 Å². The Kier molecular flexibility index (Phi) is 6.21. The van der Waals surface area contributed by atoms with Gasteiger partial charge in [0.25, 0.3) is 15.9 Å². The van der Waals surface area contributed by atoms with Crippen molar-refractivity contribution in [3.05, 3.63) is 89.6 Å². The molecule has 1 aromatic heterocycles. The number of rotatable bonds is 7. The Morgan fingerprint density at radius 3 is 2.47 bits per heavy atom. The molecule has 1 aliphatic heterocycles. The van der Waals surface area contributed by atoms with Crippen LogP contribution < -0.4 is 14.9 Å². The molecule has 0 bridgehead atoms. The summed E-state index contributed by atoms with van der Waals surface area (Å²) in [4.78, 5) is 27.7. The highest BCUT2D eigenvalue weighted by Gasteiger charge is 2.27. The molecule has 5 rings (SSSR count). The van der Waals surface area contributed by atoms with Gasteiger partial charge in [-0.3, -0.25) is 13.9 Å². The fourth-order valence-corrected chi connectivity index (χ4v) is 5.82. The first-order valence-electron chi connectivity index (χ1n) is 11.4. The zero-order valence-electron chi connectivity index (χ0n) is 19.2. The molecule has 0 fully saturated rings. The van der Waals surface area contributed by atoms with Crippen molar-refractivity contribution < 1.29 is 23.1 Å². The van der Waals surface area contributed by atoms with E-state index in [2.05, 4.69) is 15.6 Å². The normalized spacial score (nSPS) is 13.2. The van der Waals surface area contributed by atoms with Crippen LogP contribution in [0.4, 0.5) is 11.4 Å². The van der Waals surface area contributed by atoms with Crippen molar-refractivity contribution in [2.75, 3.05) is 22.7 Å². The number of carboxylic acid groups (broad SMARTS) is 1. The maximum absolute atomic E-state index is 13.1. The third-order valence-corrected chi connectivity index (χ3v) is 7.92. The van der Waals surface area contributed by atoms with Crippen molar-refractivity contribution in [1.29, 1.82) is 0 Å². The summed E-state index contributed by atoms with van der Waals surface area (Å²) in [6, 6.07) is 19.2. The molecule has 36 heavy (non-hydrogen) atoms. The molecule has 0 saturated carbocycles. The number of carboxylic acids is 1. The second-order valence-corrected chi connectivity index (χ2v) is 10.4. The molecule has 10 heteroatoms. The lowest BCUT2D eigenvalue weighted by Crippen LogP contribution is -2.35. The Balaban J connectivity index is 1.36. The van der Waals surface area contributed by atoms with E-state index in [1.54, 1.807) is 36.4 Å². The van der Waals surface area contributed by atoms with Crippen LogP contribution in [0.3, 0.4) is 0 Å². The number of benzene rings is 3. The molecular weight excluding hydrogens is 480 g/mol. The van der Waals surface area contributed by atoms with Crippen molar-refractivity contribution >= 4 is 44.2 Å². The molecule has 1 aliphatic rings. The molecule has 3 aromatic carbocycles. The quantitative estimate of drug-likeness (QED) is 0.305. The summed E-state index contributed by atoms with van der Waals surface area (Å²) >= 11 is 0. The minimum atomic E-state index is -4.09. The van der Waals surface area contributed by atoms with Crippen molar-refractivity contribution in [2.45, 2.75) is 17.9 Å². The second kappa shape index (κ2) is 9.48. The Morgan fingerprint density at radius 2 is 1.75 bits per heavy atom. The van der Waals surface area contributed by atoms with Crippen molar-refractivity contribution in [1.82, 2.24) is 10.3 Å². The summed E-state index contributed by atoms with van der Waals surface area (Å²) in [6.07, 6.45) is 0.937. The van der Waals surface area contributed by atoms with Gasteiger partial charge >= 0.3 is 5.97 Å². The number of sulfonamides is 1. The van der Waals surface area contributed by atoms with E-state index in [0.717, 1.165) is 40.4 Å². The number of hydrogen-bond acceptors (Lipinski definition) is 5. The first-order valence-corrected chi connectivity index (χ1v) is 12.8. The molecule has 0 atom stereocenters. The van der Waals surface area contributed by atoms with E-state index in [1.807, 2.05) is 12.1 Å². The molecule has 0 radical (unpaired) electrons. The summed E-state index contributed by atoms with van der Waals surface area (Å²) in [5.74, 6) is -1.60. The van der Waals surface area contributed by atoms with E-state index in [9.17, 15) is 23.1 Å². The van der Waals surface area contributed by atoms with Crippen LogP contribution in [0.25, 0.3) is 10.9 Å². The van der Waals surface area contributed by atoms with Crippen LogP contribution in [0, 0.1) is 0 Å². The maximum atomic E-state index is 13.1. The number of aliphatic carboxylic acids is 1. The van der Waals surface area contributed by atoms with E-state index in [1.165, 1.54) is 29.8 Å². The van der Waals surface area contributed by atoms with Crippen LogP contribution in [0.5, 0.6) is 0 Å². The first-order chi connectivity index (χ1) is 17.3. The van der Waals surface area contributed by atoms with Gasteiger partial charge in [0.15, 0.2) is 0 Å². The van der Waals surface area contributed by atoms with Gasteiger partial charge in [-0.15, -0.1) is 0 Å². The van der Waals surface area contributed by atoms with E-state index in [4.69, 9.17) is 0 Å². The molecule has 0 aliphatic carbocycles. The minimum Gasteiger partial charge on any atom is -0.480 e. The summed E-state index contributed by atoms with van der Waals surface area (Å²) in [5.41, 5.74) is 4.43. The fraction of sp³-hybridized carbons (Fsp3) is 0.154. The Hall–Kier alpha value is -4.15. The number of carbonyl (C=O) groups is 2. The molecule has 4 aromatic rings. The summed E-state index contributed by atoms with van der Waals surface area (Å²) in [7, 11) is -4.09. The molecule has 4 N–H and O–H groups in total. The number of aromatic nitrogens is 1. The van der Waals surface area contributed by atoms with E-state index in [-0.39, 0.29) is 16.5 Å². The molecule has 2 heterocycles. The number of fused-ring (bicyclic) bond motifs is 3. The Bertz CT molecular complexity index is 1550. The number of carbonyl (C=O) groups excluding carboxylic acids is 1. The number of nitrogens with zero attached hydrogens (tertiary/aromatic N) is 1. The highest BCUT2D eigenvalue weighted by atomic mass is 32.2. The monoisotopic (exact) mass is 504 g/mol. The molecule has 1 amide bonds. The predicted molar refractivity (Wildman–Crippen MR) is 137 cm³/mol. The third-order valence-electron chi connectivity index (χ3n) is 6.13. The lowest BCUT2D eigenvalue weighted by atomic mass is 10.0. The zero-order chi connectivity index (χ0) is 25.3. The van der Waals surface area contributed by atoms with Gasteiger partial charge in [-0.05, 0) is 67.1 Å². The number of nitrogens with one attached hydrogen (secondary N) is 3. The minimum absolute atomic E-state index is 0.0131. The maximum Gasteiger partial charge on any atom is 0.324 e. The third kappa shape index (κ3) is 4.56. The van der Waals surface area contributed by atoms with Gasteiger partial charge < -0.3 is 20.7 Å². The highest BCUT2D eigenvalue weighted by molar-refractivity contribution is 7.92. The lowest BCUT2D eigenvalue weighted by molar-refractivity contribution is -0.135. The van der Waals surface area contributed by atoms with Crippen LogP contribution in [0.2, 0.25) is 0 Å². The number of amides is 1. The van der Waals surface area contributed by atoms with E-state index >= 15 is 0 Å². The first kappa shape index (κ1) is 23.6. The largest absolute Gasteiger partial charge is 0.480 e. The number of hydrogen-bond donors (Lipinski definition) is 4. The van der Waals surface area contributed by atoms with Gasteiger partial charge in [0, 0.05) is 34.4 Å². The molecule has 184 valence electrons.